The van der Waals surface area contributed by atoms with E-state index in [1.54, 1.807) is 19.5 Å². The number of halogens is 2. The fourth-order valence-electron chi connectivity index (χ4n) is 2.05. The Morgan fingerprint density at radius 1 is 1.28 bits per heavy atom. The van der Waals surface area contributed by atoms with E-state index in [2.05, 4.69) is 26.2 Å². The quantitative estimate of drug-likeness (QED) is 0.667. The molecule has 0 saturated heterocycles. The van der Waals surface area contributed by atoms with Crippen molar-refractivity contribution in [1.29, 1.82) is 0 Å². The van der Waals surface area contributed by atoms with E-state index in [0.29, 0.717) is 24.7 Å². The predicted octanol–water partition coefficient (Wildman–Crippen LogP) is 3.71. The highest BCUT2D eigenvalue weighted by Crippen LogP contribution is 2.37. The van der Waals surface area contributed by atoms with Crippen LogP contribution in [0.5, 0.6) is 11.5 Å². The second kappa shape index (κ2) is 9.97. The number of aromatic nitrogens is 1. The molecule has 0 spiro atoms. The average molecular weight is 432 g/mol. The molecule has 1 aromatic carbocycles. The molecule has 0 fully saturated rings. The van der Waals surface area contributed by atoms with Crippen molar-refractivity contribution in [2.24, 2.45) is 0 Å². The van der Waals surface area contributed by atoms with Crippen molar-refractivity contribution in [3.8, 4) is 11.5 Å². The Labute approximate surface area is 163 Å². The molecule has 0 aliphatic rings. The summed E-state index contributed by atoms with van der Waals surface area (Å²) in [5.74, 6) is 1.32. The van der Waals surface area contributed by atoms with E-state index in [9.17, 15) is 5.11 Å². The van der Waals surface area contributed by atoms with Crippen molar-refractivity contribution < 1.29 is 14.6 Å². The zero-order chi connectivity index (χ0) is 17.6. The van der Waals surface area contributed by atoms with Gasteiger partial charge in [-0.1, -0.05) is 6.07 Å². The summed E-state index contributed by atoms with van der Waals surface area (Å²) in [6.45, 7) is 5.00. The molecule has 0 bridgehead atoms. The Balaban J connectivity index is 0.00000312. The number of nitrogens with one attached hydrogen (secondary N) is 1. The molecule has 0 atom stereocenters. The first-order chi connectivity index (χ1) is 11.4. The molecule has 1 heterocycles. The van der Waals surface area contributed by atoms with E-state index in [1.165, 1.54) is 0 Å². The minimum absolute atomic E-state index is 0. The Kier molecular flexibility index (Phi) is 8.65. The van der Waals surface area contributed by atoms with Gasteiger partial charge in [-0.15, -0.1) is 12.4 Å². The maximum atomic E-state index is 9.33. The molecular formula is C18H24BrClN2O3. The second-order valence-electron chi connectivity index (χ2n) is 6.15. The predicted molar refractivity (Wildman–Crippen MR) is 105 cm³/mol. The van der Waals surface area contributed by atoms with Crippen LogP contribution in [-0.4, -0.2) is 29.3 Å². The summed E-state index contributed by atoms with van der Waals surface area (Å²) in [6, 6.07) is 7.76. The fourth-order valence-corrected chi connectivity index (χ4v) is 2.66. The van der Waals surface area contributed by atoms with E-state index in [-0.39, 0.29) is 24.6 Å². The Bertz CT molecular complexity index is 669. The summed E-state index contributed by atoms with van der Waals surface area (Å²) in [5.41, 5.74) is 1.69. The number of hydrogen-bond acceptors (Lipinski definition) is 5. The van der Waals surface area contributed by atoms with Gasteiger partial charge in [-0.05, 0) is 53.5 Å². The second-order valence-corrected chi connectivity index (χ2v) is 7.01. The standard InChI is InChI=1S/C18H23BrN2O3.ClH/c1-18(2,12-22)21-10-14-7-15(19)17(16(8-14)23-3)24-11-13-5-4-6-20-9-13;/h4-9,21-22H,10-12H2,1-3H3;1H. The number of nitrogens with zero attached hydrogens (tertiary/aromatic N) is 1. The van der Waals surface area contributed by atoms with Gasteiger partial charge in [-0.2, -0.15) is 0 Å². The van der Waals surface area contributed by atoms with Crippen molar-refractivity contribution in [2.75, 3.05) is 13.7 Å². The molecule has 1 aromatic heterocycles. The van der Waals surface area contributed by atoms with Gasteiger partial charge in [-0.25, -0.2) is 0 Å². The van der Waals surface area contributed by atoms with Gasteiger partial charge in [-0.3, -0.25) is 4.98 Å². The first kappa shape index (κ1) is 21.7. The number of aliphatic hydroxyl groups excluding tert-OH is 1. The molecule has 0 aliphatic heterocycles. The molecule has 0 aliphatic carbocycles. The lowest BCUT2D eigenvalue weighted by molar-refractivity contribution is 0.187. The van der Waals surface area contributed by atoms with Crippen LogP contribution in [0.4, 0.5) is 0 Å². The molecule has 2 rings (SSSR count). The van der Waals surface area contributed by atoms with Gasteiger partial charge >= 0.3 is 0 Å². The zero-order valence-electron chi connectivity index (χ0n) is 14.6. The fraction of sp³-hybridized carbons (Fsp3) is 0.389. The molecule has 2 aromatic rings. The Morgan fingerprint density at radius 3 is 2.64 bits per heavy atom. The number of methoxy groups -OCH3 is 1. The third-order valence-electron chi connectivity index (χ3n) is 3.56. The van der Waals surface area contributed by atoms with Gasteiger partial charge in [0, 0.05) is 30.0 Å². The zero-order valence-corrected chi connectivity index (χ0v) is 17.0. The van der Waals surface area contributed by atoms with E-state index >= 15 is 0 Å². The molecule has 0 radical (unpaired) electrons. The van der Waals surface area contributed by atoms with Crippen molar-refractivity contribution in [3.63, 3.8) is 0 Å². The number of ether oxygens (including phenoxy) is 2. The molecule has 7 heteroatoms. The number of rotatable bonds is 8. The number of aliphatic hydroxyl groups is 1. The molecule has 0 unspecified atom stereocenters. The summed E-state index contributed by atoms with van der Waals surface area (Å²) >= 11 is 3.55. The molecule has 0 amide bonds. The average Bonchev–Trinajstić information content (AvgIpc) is 2.59. The van der Waals surface area contributed by atoms with Crippen LogP contribution < -0.4 is 14.8 Å². The van der Waals surface area contributed by atoms with Gasteiger partial charge in [0.15, 0.2) is 11.5 Å². The van der Waals surface area contributed by atoms with Crippen LogP contribution in [0.15, 0.2) is 41.1 Å². The Morgan fingerprint density at radius 2 is 2.04 bits per heavy atom. The minimum atomic E-state index is -0.338. The van der Waals surface area contributed by atoms with Crippen LogP contribution in [-0.2, 0) is 13.2 Å². The van der Waals surface area contributed by atoms with Crippen LogP contribution in [0.2, 0.25) is 0 Å². The normalized spacial score (nSPS) is 10.9. The highest BCUT2D eigenvalue weighted by molar-refractivity contribution is 9.10. The van der Waals surface area contributed by atoms with Gasteiger partial charge in [0.2, 0.25) is 0 Å². The number of hydrogen-bond donors (Lipinski definition) is 2. The third-order valence-corrected chi connectivity index (χ3v) is 4.15. The topological polar surface area (TPSA) is 63.6 Å². The molecular weight excluding hydrogens is 408 g/mol. The Hall–Kier alpha value is -1.34. The van der Waals surface area contributed by atoms with Crippen molar-refractivity contribution >= 4 is 28.3 Å². The first-order valence-electron chi connectivity index (χ1n) is 7.69. The maximum absolute atomic E-state index is 9.33. The lowest BCUT2D eigenvalue weighted by Gasteiger charge is -2.24. The van der Waals surface area contributed by atoms with Crippen molar-refractivity contribution in [2.45, 2.75) is 32.5 Å². The maximum Gasteiger partial charge on any atom is 0.175 e. The lowest BCUT2D eigenvalue weighted by atomic mass is 10.1. The van der Waals surface area contributed by atoms with Gasteiger partial charge in [0.05, 0.1) is 18.2 Å². The number of benzene rings is 1. The highest BCUT2D eigenvalue weighted by atomic mass is 79.9. The lowest BCUT2D eigenvalue weighted by Crippen LogP contribution is -2.42. The summed E-state index contributed by atoms with van der Waals surface area (Å²) in [7, 11) is 1.62. The SMILES string of the molecule is COc1cc(CNC(C)(C)CO)cc(Br)c1OCc1cccnc1.Cl. The monoisotopic (exact) mass is 430 g/mol. The van der Waals surface area contributed by atoms with E-state index in [4.69, 9.17) is 9.47 Å². The van der Waals surface area contributed by atoms with Crippen LogP contribution in [0.1, 0.15) is 25.0 Å². The van der Waals surface area contributed by atoms with Crippen LogP contribution in [0.3, 0.4) is 0 Å². The van der Waals surface area contributed by atoms with Gasteiger partial charge < -0.3 is 19.9 Å². The molecule has 0 saturated carbocycles. The van der Waals surface area contributed by atoms with E-state index in [0.717, 1.165) is 15.6 Å². The molecule has 138 valence electrons. The smallest absolute Gasteiger partial charge is 0.175 e. The van der Waals surface area contributed by atoms with Crippen LogP contribution in [0.25, 0.3) is 0 Å². The minimum Gasteiger partial charge on any atom is -0.493 e. The van der Waals surface area contributed by atoms with Crippen molar-refractivity contribution in [3.05, 3.63) is 52.3 Å². The molecule has 2 N–H and O–H groups in total. The molecule has 5 nitrogen and oxygen atoms in total. The van der Waals surface area contributed by atoms with Gasteiger partial charge in [0.25, 0.3) is 0 Å². The highest BCUT2D eigenvalue weighted by Gasteiger charge is 2.17. The van der Waals surface area contributed by atoms with Crippen molar-refractivity contribution in [1.82, 2.24) is 10.3 Å². The first-order valence-corrected chi connectivity index (χ1v) is 8.48. The van der Waals surface area contributed by atoms with E-state index in [1.807, 2.05) is 38.1 Å². The summed E-state index contributed by atoms with van der Waals surface area (Å²) in [6.07, 6.45) is 3.51. The molecule has 25 heavy (non-hydrogen) atoms. The summed E-state index contributed by atoms with van der Waals surface area (Å²) < 4.78 is 12.2. The third kappa shape index (κ3) is 6.47. The van der Waals surface area contributed by atoms with Gasteiger partial charge in [0.1, 0.15) is 6.61 Å². The summed E-state index contributed by atoms with van der Waals surface area (Å²) in [5, 5.41) is 12.6. The van der Waals surface area contributed by atoms with E-state index < -0.39 is 0 Å². The number of pyridine rings is 1. The van der Waals surface area contributed by atoms with Crippen LogP contribution in [0, 0.1) is 0 Å². The van der Waals surface area contributed by atoms with Crippen LogP contribution >= 0.6 is 28.3 Å². The largest absolute Gasteiger partial charge is 0.493 e. The summed E-state index contributed by atoms with van der Waals surface area (Å²) in [4.78, 5) is 4.08.